The largest absolute Gasteiger partial charge is 0.480 e. The Morgan fingerprint density at radius 1 is 1.37 bits per heavy atom. The third kappa shape index (κ3) is 2.95. The molecule has 2 rings (SSSR count). The molecule has 1 aromatic rings. The molecule has 0 radical (unpaired) electrons. The van der Waals surface area contributed by atoms with E-state index < -0.39 is 5.97 Å². The van der Waals surface area contributed by atoms with Crippen molar-refractivity contribution in [2.45, 2.75) is 26.2 Å². The van der Waals surface area contributed by atoms with Crippen LogP contribution < -0.4 is 0 Å². The number of hydrogen-bond donors (Lipinski definition) is 1. The van der Waals surface area contributed by atoms with Crippen LogP contribution in [-0.2, 0) is 9.59 Å². The van der Waals surface area contributed by atoms with E-state index in [9.17, 15) is 9.59 Å². The second-order valence-electron chi connectivity index (χ2n) is 5.05. The molecule has 1 N–H and O–H groups in total. The van der Waals surface area contributed by atoms with Crippen molar-refractivity contribution in [2.75, 3.05) is 13.1 Å². The summed E-state index contributed by atoms with van der Waals surface area (Å²) in [5.41, 5.74) is 2.41. The molecule has 102 valence electrons. The lowest BCUT2D eigenvalue weighted by Crippen LogP contribution is -2.36. The molecule has 2 atom stereocenters. The van der Waals surface area contributed by atoms with Gasteiger partial charge in [-0.2, -0.15) is 0 Å². The Morgan fingerprint density at radius 3 is 2.63 bits per heavy atom. The van der Waals surface area contributed by atoms with Crippen molar-refractivity contribution in [3.63, 3.8) is 0 Å². The Bertz CT molecular complexity index is 498. The van der Waals surface area contributed by atoms with Crippen molar-refractivity contribution in [1.82, 2.24) is 4.90 Å². The van der Waals surface area contributed by atoms with E-state index in [4.69, 9.17) is 5.11 Å². The molecule has 0 aromatic heterocycles. The van der Waals surface area contributed by atoms with Gasteiger partial charge in [-0.15, -0.1) is 0 Å². The van der Waals surface area contributed by atoms with Crippen molar-refractivity contribution in [3.8, 4) is 0 Å². The topological polar surface area (TPSA) is 57.6 Å². The average molecular weight is 261 g/mol. The first kappa shape index (κ1) is 13.6. The van der Waals surface area contributed by atoms with E-state index in [1.54, 1.807) is 0 Å². The number of rotatable bonds is 5. The zero-order chi connectivity index (χ0) is 14.0. The minimum atomic E-state index is -0.955. The quantitative estimate of drug-likeness (QED) is 0.882. The molecule has 0 spiro atoms. The van der Waals surface area contributed by atoms with Gasteiger partial charge in [-0.25, -0.2) is 0 Å². The minimum Gasteiger partial charge on any atom is -0.480 e. The van der Waals surface area contributed by atoms with E-state index in [1.807, 2.05) is 32.0 Å². The van der Waals surface area contributed by atoms with Crippen molar-refractivity contribution in [3.05, 3.63) is 35.4 Å². The molecule has 1 saturated carbocycles. The number of amides is 1. The zero-order valence-corrected chi connectivity index (χ0v) is 11.3. The number of hydrogen-bond acceptors (Lipinski definition) is 2. The number of aryl methyl sites for hydroxylation is 1. The first-order valence-corrected chi connectivity index (χ1v) is 6.60. The summed E-state index contributed by atoms with van der Waals surface area (Å²) in [6, 6.07) is 8.07. The number of nitrogens with zero attached hydrogens (tertiary/aromatic N) is 1. The van der Waals surface area contributed by atoms with Crippen LogP contribution in [0.15, 0.2) is 24.3 Å². The Kier molecular flexibility index (Phi) is 3.88. The average Bonchev–Trinajstić information content (AvgIpc) is 3.15. The maximum Gasteiger partial charge on any atom is 0.323 e. The molecule has 1 fully saturated rings. The van der Waals surface area contributed by atoms with Crippen LogP contribution in [-0.4, -0.2) is 35.0 Å². The SMILES string of the molecule is CCN(CC(=O)O)C(=O)[C@@H]1C[C@@H]1c1ccccc1C. The molecule has 4 nitrogen and oxygen atoms in total. The molecule has 19 heavy (non-hydrogen) atoms. The van der Waals surface area contributed by atoms with Crippen LogP contribution in [0.25, 0.3) is 0 Å². The number of carboxylic acid groups (broad SMARTS) is 1. The van der Waals surface area contributed by atoms with Gasteiger partial charge in [0.2, 0.25) is 5.91 Å². The highest BCUT2D eigenvalue weighted by Gasteiger charge is 2.46. The summed E-state index contributed by atoms with van der Waals surface area (Å²) in [4.78, 5) is 24.4. The second kappa shape index (κ2) is 5.43. The molecule has 4 heteroatoms. The number of likely N-dealkylation sites (N-methyl/N-ethyl adjacent to an activating group) is 1. The number of carbonyl (C=O) groups is 2. The van der Waals surface area contributed by atoms with Crippen LogP contribution in [0.5, 0.6) is 0 Å². The fraction of sp³-hybridized carbons (Fsp3) is 0.467. The lowest BCUT2D eigenvalue weighted by Gasteiger charge is -2.18. The summed E-state index contributed by atoms with van der Waals surface area (Å²) in [6.07, 6.45) is 0.833. The molecule has 0 saturated heterocycles. The smallest absolute Gasteiger partial charge is 0.323 e. The maximum absolute atomic E-state index is 12.2. The van der Waals surface area contributed by atoms with Gasteiger partial charge in [-0.1, -0.05) is 24.3 Å². The van der Waals surface area contributed by atoms with Gasteiger partial charge < -0.3 is 10.0 Å². The molecular weight excluding hydrogens is 242 g/mol. The Hall–Kier alpha value is -1.84. The first-order valence-electron chi connectivity index (χ1n) is 6.60. The summed E-state index contributed by atoms with van der Waals surface area (Å²) in [5, 5.41) is 8.80. The summed E-state index contributed by atoms with van der Waals surface area (Å²) in [6.45, 7) is 4.10. The van der Waals surface area contributed by atoms with Gasteiger partial charge in [-0.05, 0) is 37.3 Å². The van der Waals surface area contributed by atoms with Crippen LogP contribution in [0.4, 0.5) is 0 Å². The highest BCUT2D eigenvalue weighted by atomic mass is 16.4. The van der Waals surface area contributed by atoms with Crippen molar-refractivity contribution >= 4 is 11.9 Å². The van der Waals surface area contributed by atoms with E-state index in [0.717, 1.165) is 6.42 Å². The molecule has 0 bridgehead atoms. The summed E-state index contributed by atoms with van der Waals surface area (Å²) >= 11 is 0. The van der Waals surface area contributed by atoms with Gasteiger partial charge in [0.15, 0.2) is 0 Å². The molecule has 0 heterocycles. The number of carboxylic acids is 1. The van der Waals surface area contributed by atoms with Gasteiger partial charge in [0, 0.05) is 12.5 Å². The maximum atomic E-state index is 12.2. The van der Waals surface area contributed by atoms with Crippen molar-refractivity contribution in [2.24, 2.45) is 5.92 Å². The van der Waals surface area contributed by atoms with Crippen LogP contribution in [0.2, 0.25) is 0 Å². The van der Waals surface area contributed by atoms with E-state index in [0.29, 0.717) is 6.54 Å². The Labute approximate surface area is 113 Å². The summed E-state index contributed by atoms with van der Waals surface area (Å²) in [5.74, 6) is -0.765. The minimum absolute atomic E-state index is 0.0295. The Balaban J connectivity index is 2.04. The Morgan fingerprint density at radius 2 is 2.05 bits per heavy atom. The molecule has 1 aliphatic carbocycles. The van der Waals surface area contributed by atoms with Gasteiger partial charge in [-0.3, -0.25) is 9.59 Å². The molecule has 0 unspecified atom stereocenters. The van der Waals surface area contributed by atoms with Crippen molar-refractivity contribution < 1.29 is 14.7 Å². The molecule has 0 aliphatic heterocycles. The standard InChI is InChI=1S/C15H19NO3/c1-3-16(9-14(17)18)15(19)13-8-12(13)11-7-5-4-6-10(11)2/h4-7,12-13H,3,8-9H2,1-2H3,(H,17,18)/t12-,13-/m1/s1. The van der Waals surface area contributed by atoms with Crippen LogP contribution in [0.3, 0.4) is 0 Å². The van der Waals surface area contributed by atoms with Crippen LogP contribution in [0, 0.1) is 12.8 Å². The predicted octanol–water partition coefficient (Wildman–Crippen LogP) is 2.03. The van der Waals surface area contributed by atoms with Crippen LogP contribution in [0.1, 0.15) is 30.4 Å². The molecule has 1 aliphatic rings. The lowest BCUT2D eigenvalue weighted by atomic mass is 10.0. The first-order chi connectivity index (χ1) is 9.04. The van der Waals surface area contributed by atoms with E-state index in [-0.39, 0.29) is 24.3 Å². The zero-order valence-electron chi connectivity index (χ0n) is 11.3. The fourth-order valence-corrected chi connectivity index (χ4v) is 2.56. The third-order valence-electron chi connectivity index (χ3n) is 3.72. The molecule has 1 amide bonds. The predicted molar refractivity (Wildman–Crippen MR) is 71.9 cm³/mol. The fourth-order valence-electron chi connectivity index (χ4n) is 2.56. The van der Waals surface area contributed by atoms with E-state index in [1.165, 1.54) is 16.0 Å². The van der Waals surface area contributed by atoms with Crippen LogP contribution >= 0.6 is 0 Å². The highest BCUT2D eigenvalue weighted by Crippen LogP contribution is 2.49. The molecular formula is C15H19NO3. The third-order valence-corrected chi connectivity index (χ3v) is 3.72. The number of carbonyl (C=O) groups excluding carboxylic acids is 1. The summed E-state index contributed by atoms with van der Waals surface area (Å²) < 4.78 is 0. The monoisotopic (exact) mass is 261 g/mol. The van der Waals surface area contributed by atoms with Gasteiger partial charge >= 0.3 is 5.97 Å². The summed E-state index contributed by atoms with van der Waals surface area (Å²) in [7, 11) is 0. The van der Waals surface area contributed by atoms with Gasteiger partial charge in [0.05, 0.1) is 0 Å². The second-order valence-corrected chi connectivity index (χ2v) is 5.05. The van der Waals surface area contributed by atoms with Crippen molar-refractivity contribution in [1.29, 1.82) is 0 Å². The molecule has 1 aromatic carbocycles. The van der Waals surface area contributed by atoms with E-state index >= 15 is 0 Å². The van der Waals surface area contributed by atoms with E-state index in [2.05, 4.69) is 6.07 Å². The van der Waals surface area contributed by atoms with Gasteiger partial charge in [0.1, 0.15) is 6.54 Å². The highest BCUT2D eigenvalue weighted by molar-refractivity contribution is 5.86. The number of aliphatic carboxylic acids is 1. The number of benzene rings is 1. The van der Waals surface area contributed by atoms with Gasteiger partial charge in [0.25, 0.3) is 0 Å². The lowest BCUT2D eigenvalue weighted by molar-refractivity contribution is -0.144. The normalized spacial score (nSPS) is 20.9.